The molecule has 0 saturated carbocycles. The van der Waals surface area contributed by atoms with E-state index in [2.05, 4.69) is 10.6 Å². The molecule has 0 spiro atoms. The fourth-order valence-corrected chi connectivity index (χ4v) is 2.27. The second kappa shape index (κ2) is 10.3. The molecule has 2 aromatic rings. The Balaban J connectivity index is 1.73. The van der Waals surface area contributed by atoms with E-state index in [1.54, 1.807) is 0 Å². The highest BCUT2D eigenvalue weighted by Crippen LogP contribution is 2.24. The second-order valence-corrected chi connectivity index (χ2v) is 6.06. The summed E-state index contributed by atoms with van der Waals surface area (Å²) in [5.74, 6) is -2.10. The van der Waals surface area contributed by atoms with Gasteiger partial charge in [-0.05, 0) is 30.7 Å². The summed E-state index contributed by atoms with van der Waals surface area (Å²) >= 11 is 5.77. The summed E-state index contributed by atoms with van der Waals surface area (Å²) in [6, 6.07) is 11.8. The Labute approximate surface area is 165 Å². The van der Waals surface area contributed by atoms with Crippen molar-refractivity contribution in [3.8, 4) is 5.75 Å². The molecule has 2 N–H and O–H groups in total. The number of halogens is 2. The number of rotatable bonds is 7. The zero-order valence-corrected chi connectivity index (χ0v) is 15.7. The van der Waals surface area contributed by atoms with Crippen LogP contribution in [-0.4, -0.2) is 30.6 Å². The third-order valence-corrected chi connectivity index (χ3v) is 3.74. The van der Waals surface area contributed by atoms with Gasteiger partial charge in [0.2, 0.25) is 0 Å². The molecular weight excluding hydrogens is 391 g/mol. The molecule has 0 unspecified atom stereocenters. The smallest absolute Gasteiger partial charge is 0.344 e. The van der Waals surface area contributed by atoms with Crippen molar-refractivity contribution in [1.82, 2.24) is 10.6 Å². The molecule has 7 nitrogen and oxygen atoms in total. The van der Waals surface area contributed by atoms with Crippen molar-refractivity contribution in [2.45, 2.75) is 19.6 Å². The number of nitrogens with one attached hydrogen (secondary N) is 2. The number of hydrogen-bond donors (Lipinski definition) is 2. The first-order valence-electron chi connectivity index (χ1n) is 8.25. The molecule has 3 amide bonds. The Kier molecular flexibility index (Phi) is 7.76. The molecular formula is C19H18ClFN2O5. The number of urea groups is 1. The summed E-state index contributed by atoms with van der Waals surface area (Å²) < 4.78 is 23.0. The number of imide groups is 1. The molecule has 0 aliphatic carbocycles. The van der Waals surface area contributed by atoms with E-state index in [0.29, 0.717) is 0 Å². The van der Waals surface area contributed by atoms with Gasteiger partial charge in [-0.25, -0.2) is 14.0 Å². The molecule has 0 bridgehead atoms. The summed E-state index contributed by atoms with van der Waals surface area (Å²) in [6.07, 6.45) is -1.22. The largest absolute Gasteiger partial charge is 0.480 e. The number of carbonyl (C=O) groups is 3. The highest BCUT2D eigenvalue weighted by atomic mass is 35.5. The van der Waals surface area contributed by atoms with Gasteiger partial charge in [-0.2, -0.15) is 0 Å². The quantitative estimate of drug-likeness (QED) is 0.687. The minimum atomic E-state index is -1.22. The van der Waals surface area contributed by atoms with Gasteiger partial charge in [0.1, 0.15) is 11.6 Å². The predicted molar refractivity (Wildman–Crippen MR) is 99.3 cm³/mol. The van der Waals surface area contributed by atoms with Gasteiger partial charge < -0.3 is 14.8 Å². The van der Waals surface area contributed by atoms with Crippen LogP contribution in [0.25, 0.3) is 0 Å². The molecule has 0 heterocycles. The Morgan fingerprint density at radius 3 is 2.54 bits per heavy atom. The van der Waals surface area contributed by atoms with Gasteiger partial charge in [-0.1, -0.05) is 41.9 Å². The maximum atomic E-state index is 13.0. The molecule has 28 heavy (non-hydrogen) atoms. The summed E-state index contributed by atoms with van der Waals surface area (Å²) in [4.78, 5) is 35.4. The van der Waals surface area contributed by atoms with Gasteiger partial charge >= 0.3 is 12.0 Å². The first-order chi connectivity index (χ1) is 13.3. The monoisotopic (exact) mass is 408 g/mol. The molecule has 9 heteroatoms. The fourth-order valence-electron chi connectivity index (χ4n) is 2.05. The molecule has 0 aromatic heterocycles. The minimum absolute atomic E-state index is 0.00585. The second-order valence-electron chi connectivity index (χ2n) is 5.65. The van der Waals surface area contributed by atoms with Crippen molar-refractivity contribution in [3.63, 3.8) is 0 Å². The van der Waals surface area contributed by atoms with Crippen molar-refractivity contribution in [1.29, 1.82) is 0 Å². The Morgan fingerprint density at radius 1 is 1.14 bits per heavy atom. The van der Waals surface area contributed by atoms with E-state index >= 15 is 0 Å². The van der Waals surface area contributed by atoms with Crippen molar-refractivity contribution < 1.29 is 28.2 Å². The van der Waals surface area contributed by atoms with Crippen LogP contribution in [0, 0.1) is 5.82 Å². The van der Waals surface area contributed by atoms with Gasteiger partial charge in [-0.3, -0.25) is 10.1 Å². The van der Waals surface area contributed by atoms with E-state index in [9.17, 15) is 18.8 Å². The maximum Gasteiger partial charge on any atom is 0.344 e. The lowest BCUT2D eigenvalue weighted by Gasteiger charge is -2.14. The number of carbonyl (C=O) groups excluding carboxylic acids is 3. The topological polar surface area (TPSA) is 93.7 Å². The molecule has 0 fully saturated rings. The summed E-state index contributed by atoms with van der Waals surface area (Å²) in [5.41, 5.74) is 0.862. The van der Waals surface area contributed by atoms with Crippen LogP contribution < -0.4 is 15.4 Å². The van der Waals surface area contributed by atoms with E-state index in [4.69, 9.17) is 21.1 Å². The number of hydrogen-bond acceptors (Lipinski definition) is 5. The van der Waals surface area contributed by atoms with E-state index in [0.717, 1.165) is 17.7 Å². The highest BCUT2D eigenvalue weighted by Gasteiger charge is 2.20. The SMILES string of the molecule is C[C@@H](OC(=O)COc1ccc(F)cc1Cl)C(=O)NC(=O)NCc1ccccc1. The zero-order valence-electron chi connectivity index (χ0n) is 14.9. The van der Waals surface area contributed by atoms with Gasteiger partial charge in [-0.15, -0.1) is 0 Å². The fraction of sp³-hybridized carbons (Fsp3) is 0.211. The van der Waals surface area contributed by atoms with Crippen LogP contribution >= 0.6 is 11.6 Å². The third kappa shape index (κ3) is 6.88. The van der Waals surface area contributed by atoms with E-state index in [1.165, 1.54) is 13.0 Å². The lowest BCUT2D eigenvalue weighted by Crippen LogP contribution is -2.44. The average Bonchev–Trinajstić information content (AvgIpc) is 2.66. The van der Waals surface area contributed by atoms with Crippen LogP contribution in [0.3, 0.4) is 0 Å². The predicted octanol–water partition coefficient (Wildman–Crippen LogP) is 2.82. The van der Waals surface area contributed by atoms with E-state index in [-0.39, 0.29) is 17.3 Å². The zero-order chi connectivity index (χ0) is 20.5. The van der Waals surface area contributed by atoms with E-state index in [1.807, 2.05) is 30.3 Å². The molecule has 2 aromatic carbocycles. The first-order valence-corrected chi connectivity index (χ1v) is 8.63. The van der Waals surface area contributed by atoms with Crippen molar-refractivity contribution >= 4 is 29.5 Å². The Hall–Kier alpha value is -3.13. The summed E-state index contributed by atoms with van der Waals surface area (Å²) in [7, 11) is 0. The van der Waals surface area contributed by atoms with Crippen LogP contribution in [0.2, 0.25) is 5.02 Å². The van der Waals surface area contributed by atoms with Crippen LogP contribution in [0.1, 0.15) is 12.5 Å². The third-order valence-electron chi connectivity index (χ3n) is 3.45. The normalized spacial score (nSPS) is 11.2. The molecule has 0 aliphatic rings. The molecule has 1 atom stereocenters. The lowest BCUT2D eigenvalue weighted by molar-refractivity contribution is -0.156. The number of ether oxygens (including phenoxy) is 2. The van der Waals surface area contributed by atoms with Crippen molar-refractivity contribution in [2.75, 3.05) is 6.61 Å². The maximum absolute atomic E-state index is 13.0. The van der Waals surface area contributed by atoms with Gasteiger partial charge in [0.05, 0.1) is 5.02 Å². The highest BCUT2D eigenvalue weighted by molar-refractivity contribution is 6.32. The Morgan fingerprint density at radius 2 is 1.86 bits per heavy atom. The van der Waals surface area contributed by atoms with Crippen LogP contribution in [-0.2, 0) is 20.9 Å². The van der Waals surface area contributed by atoms with Crippen LogP contribution in [0.4, 0.5) is 9.18 Å². The van der Waals surface area contributed by atoms with Gasteiger partial charge in [0.25, 0.3) is 5.91 Å². The van der Waals surface area contributed by atoms with Gasteiger partial charge in [0.15, 0.2) is 12.7 Å². The molecule has 2 rings (SSSR count). The number of benzene rings is 2. The first kappa shape index (κ1) is 21.2. The Bertz CT molecular complexity index is 847. The summed E-state index contributed by atoms with van der Waals surface area (Å²) in [6.45, 7) is 1.01. The molecule has 148 valence electrons. The average molecular weight is 409 g/mol. The molecule has 0 saturated heterocycles. The number of amides is 3. The van der Waals surface area contributed by atoms with Crippen LogP contribution in [0.15, 0.2) is 48.5 Å². The summed E-state index contributed by atoms with van der Waals surface area (Å²) in [5, 5.41) is 4.58. The van der Waals surface area contributed by atoms with Gasteiger partial charge in [0, 0.05) is 6.54 Å². The number of esters is 1. The standard InChI is InChI=1S/C19H18ClFN2O5/c1-12(18(25)23-19(26)22-10-13-5-3-2-4-6-13)28-17(24)11-27-16-8-7-14(21)9-15(16)20/h2-9,12H,10-11H2,1H3,(H2,22,23,25,26)/t12-/m1/s1. The molecule has 0 aliphatic heterocycles. The van der Waals surface area contributed by atoms with E-state index < -0.39 is 36.4 Å². The molecule has 0 radical (unpaired) electrons. The van der Waals surface area contributed by atoms with Crippen molar-refractivity contribution in [3.05, 3.63) is 64.9 Å². The van der Waals surface area contributed by atoms with Crippen LogP contribution in [0.5, 0.6) is 5.75 Å². The lowest BCUT2D eigenvalue weighted by atomic mass is 10.2. The minimum Gasteiger partial charge on any atom is -0.480 e. The van der Waals surface area contributed by atoms with Crippen molar-refractivity contribution in [2.24, 2.45) is 0 Å².